The van der Waals surface area contributed by atoms with Crippen LogP contribution in [0.3, 0.4) is 0 Å². The molecule has 0 bridgehead atoms. The number of anilines is 1. The molecule has 0 aliphatic carbocycles. The number of carbonyl (C=O) groups is 2. The predicted octanol–water partition coefficient (Wildman–Crippen LogP) is 6.06. The molecular formula is C33H31FN4O2. The maximum absolute atomic E-state index is 14.2. The molecule has 4 heterocycles. The van der Waals surface area contributed by atoms with Crippen molar-refractivity contribution in [2.75, 3.05) is 24.5 Å². The fourth-order valence-electron chi connectivity index (χ4n) is 6.86. The Morgan fingerprint density at radius 2 is 1.50 bits per heavy atom. The van der Waals surface area contributed by atoms with Gasteiger partial charge >= 0.3 is 0 Å². The van der Waals surface area contributed by atoms with Crippen LogP contribution in [0.5, 0.6) is 0 Å². The third-order valence-electron chi connectivity index (χ3n) is 9.08. The molecule has 0 radical (unpaired) electrons. The number of nitrogens with zero attached hydrogens (tertiary/aromatic N) is 2. The summed E-state index contributed by atoms with van der Waals surface area (Å²) in [4.78, 5) is 37.0. The first-order chi connectivity index (χ1) is 19.4. The Kier molecular flexibility index (Phi) is 5.77. The number of fused-ring (bicyclic) bond motifs is 2. The van der Waals surface area contributed by atoms with E-state index in [1.165, 1.54) is 28.0 Å². The number of halogens is 1. The average Bonchev–Trinajstić information content (AvgIpc) is 3.71. The summed E-state index contributed by atoms with van der Waals surface area (Å²) in [5, 5.41) is 2.41. The Balaban J connectivity index is 1.17. The number of rotatable bonds is 4. The number of carbonyl (C=O) groups excluding carboxylic acids is 2. The van der Waals surface area contributed by atoms with E-state index in [9.17, 15) is 14.0 Å². The van der Waals surface area contributed by atoms with Crippen molar-refractivity contribution >= 4 is 39.3 Å². The fourth-order valence-corrected chi connectivity index (χ4v) is 6.86. The lowest BCUT2D eigenvalue weighted by molar-refractivity contribution is -0.137. The smallest absolute Gasteiger partial charge is 0.228 e. The Labute approximate surface area is 231 Å². The van der Waals surface area contributed by atoms with Gasteiger partial charge in [-0.15, -0.1) is 0 Å². The molecule has 0 spiro atoms. The Hall–Kier alpha value is -4.39. The van der Waals surface area contributed by atoms with Gasteiger partial charge in [-0.05, 0) is 60.7 Å². The summed E-state index contributed by atoms with van der Waals surface area (Å²) in [5.74, 6) is -0.895. The SMILES string of the molecule is Cc1ccc(N2CC(C(=O)N3CCC(c4c[nH]c5ccccc45)(c4c[nH]c5ccccc45)CC3)CC2=O)cc1F. The number of para-hydroxylation sites is 2. The highest BCUT2D eigenvalue weighted by molar-refractivity contribution is 6.00. The molecule has 6 nitrogen and oxygen atoms in total. The van der Waals surface area contributed by atoms with Gasteiger partial charge in [0.2, 0.25) is 11.8 Å². The number of aryl methyl sites for hydroxylation is 1. The van der Waals surface area contributed by atoms with Crippen LogP contribution in [0.25, 0.3) is 21.8 Å². The van der Waals surface area contributed by atoms with Gasteiger partial charge in [0.25, 0.3) is 0 Å². The van der Waals surface area contributed by atoms with E-state index in [0.29, 0.717) is 24.3 Å². The second-order valence-electron chi connectivity index (χ2n) is 11.2. The Morgan fingerprint density at radius 1 is 0.900 bits per heavy atom. The summed E-state index contributed by atoms with van der Waals surface area (Å²) in [7, 11) is 0. The average molecular weight is 535 g/mol. The summed E-state index contributed by atoms with van der Waals surface area (Å²) in [6.07, 6.45) is 5.98. The lowest BCUT2D eigenvalue weighted by Crippen LogP contribution is -2.47. The zero-order valence-electron chi connectivity index (χ0n) is 22.4. The van der Waals surface area contributed by atoms with Crippen LogP contribution in [0.15, 0.2) is 79.1 Å². The van der Waals surface area contributed by atoms with Gasteiger partial charge in [-0.25, -0.2) is 4.39 Å². The first-order valence-electron chi connectivity index (χ1n) is 13.9. The van der Waals surface area contributed by atoms with Gasteiger partial charge in [0, 0.05) is 71.4 Å². The zero-order chi connectivity index (χ0) is 27.4. The van der Waals surface area contributed by atoms with E-state index in [1.54, 1.807) is 24.0 Å². The minimum Gasteiger partial charge on any atom is -0.361 e. The highest BCUT2D eigenvalue weighted by atomic mass is 19.1. The van der Waals surface area contributed by atoms with Crippen LogP contribution in [0.2, 0.25) is 0 Å². The van der Waals surface area contributed by atoms with Crippen molar-refractivity contribution in [1.82, 2.24) is 14.9 Å². The molecule has 202 valence electrons. The van der Waals surface area contributed by atoms with Gasteiger partial charge in [-0.2, -0.15) is 0 Å². The zero-order valence-corrected chi connectivity index (χ0v) is 22.4. The van der Waals surface area contributed by atoms with Crippen molar-refractivity contribution in [2.24, 2.45) is 5.92 Å². The highest BCUT2D eigenvalue weighted by Crippen LogP contribution is 2.47. The largest absolute Gasteiger partial charge is 0.361 e. The molecule has 2 aliphatic rings. The summed E-state index contributed by atoms with van der Waals surface area (Å²) in [6.45, 7) is 3.18. The maximum atomic E-state index is 14.2. The molecule has 7 heteroatoms. The van der Waals surface area contributed by atoms with Gasteiger partial charge in [-0.1, -0.05) is 42.5 Å². The van der Waals surface area contributed by atoms with Crippen LogP contribution in [0.4, 0.5) is 10.1 Å². The van der Waals surface area contributed by atoms with Crippen LogP contribution >= 0.6 is 0 Å². The molecule has 2 fully saturated rings. The number of H-pyrrole nitrogens is 2. The number of aromatic nitrogens is 2. The van der Waals surface area contributed by atoms with Gasteiger partial charge in [-0.3, -0.25) is 9.59 Å². The summed E-state index contributed by atoms with van der Waals surface area (Å²) >= 11 is 0. The first kappa shape index (κ1) is 24.6. The molecule has 1 atom stereocenters. The molecule has 2 aliphatic heterocycles. The van der Waals surface area contributed by atoms with Gasteiger partial charge in [0.05, 0.1) is 5.92 Å². The second-order valence-corrected chi connectivity index (χ2v) is 11.2. The van der Waals surface area contributed by atoms with Crippen molar-refractivity contribution in [3.63, 3.8) is 0 Å². The summed E-state index contributed by atoms with van der Waals surface area (Å²) in [6, 6.07) is 21.6. The first-order valence-corrected chi connectivity index (χ1v) is 13.9. The highest BCUT2D eigenvalue weighted by Gasteiger charge is 2.44. The number of hydrogen-bond acceptors (Lipinski definition) is 2. The van der Waals surface area contributed by atoms with E-state index in [1.807, 2.05) is 17.0 Å². The molecular weight excluding hydrogens is 503 g/mol. The second kappa shape index (κ2) is 9.37. The van der Waals surface area contributed by atoms with Crippen molar-refractivity contribution in [1.29, 1.82) is 0 Å². The number of aromatic amines is 2. The maximum Gasteiger partial charge on any atom is 0.228 e. The van der Waals surface area contributed by atoms with E-state index < -0.39 is 5.92 Å². The van der Waals surface area contributed by atoms with Crippen LogP contribution in [0, 0.1) is 18.7 Å². The molecule has 5 aromatic rings. The topological polar surface area (TPSA) is 72.2 Å². The molecule has 7 rings (SSSR count). The van der Waals surface area contributed by atoms with E-state index in [-0.39, 0.29) is 36.0 Å². The van der Waals surface area contributed by atoms with Gasteiger partial charge < -0.3 is 19.8 Å². The van der Waals surface area contributed by atoms with Crippen LogP contribution in [-0.4, -0.2) is 46.3 Å². The van der Waals surface area contributed by atoms with Crippen molar-refractivity contribution in [2.45, 2.75) is 31.6 Å². The minimum atomic E-state index is -0.425. The minimum absolute atomic E-state index is 0.00915. The van der Waals surface area contributed by atoms with E-state index >= 15 is 0 Å². The Bertz CT molecular complexity index is 1680. The normalized spacial score (nSPS) is 19.1. The molecule has 2 saturated heterocycles. The van der Waals surface area contributed by atoms with E-state index in [0.717, 1.165) is 23.9 Å². The van der Waals surface area contributed by atoms with E-state index in [2.05, 4.69) is 58.8 Å². The molecule has 0 saturated carbocycles. The number of nitrogens with one attached hydrogen (secondary N) is 2. The number of amides is 2. The summed E-state index contributed by atoms with van der Waals surface area (Å²) in [5.41, 5.74) is 5.49. The lowest BCUT2D eigenvalue weighted by atomic mass is 9.67. The van der Waals surface area contributed by atoms with Crippen molar-refractivity contribution in [3.8, 4) is 0 Å². The van der Waals surface area contributed by atoms with Crippen LogP contribution < -0.4 is 4.90 Å². The number of hydrogen-bond donors (Lipinski definition) is 2. The molecule has 1 unspecified atom stereocenters. The third-order valence-corrected chi connectivity index (χ3v) is 9.08. The lowest BCUT2D eigenvalue weighted by Gasteiger charge is -2.43. The standard InChI is InChI=1S/C33H31FN4O2/c1-21-10-11-23(17-28(21)34)38-20-22(16-31(38)39)32(40)37-14-12-33(13-15-37,26-18-35-29-8-4-2-6-24(26)29)27-19-36-30-9-5-3-7-25(27)30/h2-11,17-19,22,35-36H,12-16,20H2,1H3. The monoisotopic (exact) mass is 534 g/mol. The quantitative estimate of drug-likeness (QED) is 0.294. The number of piperidine rings is 1. The number of likely N-dealkylation sites (tertiary alicyclic amines) is 1. The molecule has 2 amide bonds. The molecule has 2 N–H and O–H groups in total. The van der Waals surface area contributed by atoms with Gasteiger partial charge in [0.15, 0.2) is 0 Å². The fraction of sp³-hybridized carbons (Fsp3) is 0.273. The van der Waals surface area contributed by atoms with Gasteiger partial charge in [0.1, 0.15) is 5.82 Å². The van der Waals surface area contributed by atoms with Crippen molar-refractivity contribution in [3.05, 3.63) is 102 Å². The van der Waals surface area contributed by atoms with E-state index in [4.69, 9.17) is 0 Å². The number of benzene rings is 3. The molecule has 40 heavy (non-hydrogen) atoms. The molecule has 2 aromatic heterocycles. The van der Waals surface area contributed by atoms with Crippen LogP contribution in [0.1, 0.15) is 36.0 Å². The third kappa shape index (κ3) is 3.83. The molecule has 3 aromatic carbocycles. The summed E-state index contributed by atoms with van der Waals surface area (Å²) < 4.78 is 14.2. The van der Waals surface area contributed by atoms with Crippen LogP contribution in [-0.2, 0) is 15.0 Å². The van der Waals surface area contributed by atoms with Crippen molar-refractivity contribution < 1.29 is 14.0 Å². The Morgan fingerprint density at radius 3 is 2.10 bits per heavy atom. The predicted molar refractivity (Wildman–Crippen MR) is 155 cm³/mol.